The highest BCUT2D eigenvalue weighted by atomic mass is 79.9. The number of hydrogen-bond acceptors (Lipinski definition) is 2. The van der Waals surface area contributed by atoms with Gasteiger partial charge in [0.1, 0.15) is 5.75 Å². The maximum Gasteiger partial charge on any atom is 0.441 e. The number of benzene rings is 1. The number of halogens is 5. The number of rotatable bonds is 5. The fraction of sp³-hybridized carbons (Fsp3) is 0.400. The molecule has 0 fully saturated rings. The van der Waals surface area contributed by atoms with E-state index in [1.807, 2.05) is 0 Å². The van der Waals surface area contributed by atoms with Crippen molar-refractivity contribution in [3.8, 4) is 5.75 Å². The van der Waals surface area contributed by atoms with E-state index in [-0.39, 0.29) is 24.1 Å². The number of alkyl halides is 4. The zero-order valence-electron chi connectivity index (χ0n) is 8.56. The minimum absolute atomic E-state index is 0.00576. The van der Waals surface area contributed by atoms with Gasteiger partial charge < -0.3 is 4.74 Å². The molecule has 0 amide bonds. The van der Waals surface area contributed by atoms with Crippen molar-refractivity contribution in [3.05, 3.63) is 28.8 Å². The first-order valence-corrected chi connectivity index (χ1v) is 7.09. The van der Waals surface area contributed by atoms with E-state index < -0.39 is 5.51 Å². The van der Waals surface area contributed by atoms with Gasteiger partial charge in [-0.2, -0.15) is 13.2 Å². The second kappa shape index (κ2) is 6.75. The summed E-state index contributed by atoms with van der Waals surface area (Å²) in [6, 6.07) is 5.00. The Bertz CT molecular complexity index is 373. The third-order valence-electron chi connectivity index (χ3n) is 1.77. The number of thioether (sulfide) groups is 1. The van der Waals surface area contributed by atoms with Crippen LogP contribution in [0.15, 0.2) is 18.2 Å². The van der Waals surface area contributed by atoms with E-state index in [2.05, 4.69) is 15.9 Å². The maximum atomic E-state index is 11.9. The van der Waals surface area contributed by atoms with Crippen molar-refractivity contribution in [3.63, 3.8) is 0 Å². The summed E-state index contributed by atoms with van der Waals surface area (Å²) >= 11 is 8.95. The van der Waals surface area contributed by atoms with Crippen LogP contribution in [0.4, 0.5) is 13.2 Å². The average Bonchev–Trinajstić information content (AvgIpc) is 2.24. The Balaban J connectivity index is 2.46. The second-order valence-electron chi connectivity index (χ2n) is 3.03. The lowest BCUT2D eigenvalue weighted by atomic mass is 10.2. The molecule has 0 spiro atoms. The largest absolute Gasteiger partial charge is 0.492 e. The summed E-state index contributed by atoms with van der Waals surface area (Å²) in [6.07, 6.45) is 0. The summed E-state index contributed by atoms with van der Waals surface area (Å²) in [7, 11) is 0. The first-order chi connectivity index (χ1) is 7.92. The van der Waals surface area contributed by atoms with E-state index in [0.717, 1.165) is 5.56 Å². The van der Waals surface area contributed by atoms with Crippen molar-refractivity contribution in [2.45, 2.75) is 10.8 Å². The van der Waals surface area contributed by atoms with Gasteiger partial charge >= 0.3 is 5.51 Å². The van der Waals surface area contributed by atoms with Crippen molar-refractivity contribution in [1.82, 2.24) is 0 Å². The molecule has 96 valence electrons. The lowest BCUT2D eigenvalue weighted by Crippen LogP contribution is -2.08. The molecule has 0 unspecified atom stereocenters. The van der Waals surface area contributed by atoms with Gasteiger partial charge in [0.2, 0.25) is 0 Å². The fourth-order valence-corrected chi connectivity index (χ4v) is 2.13. The highest BCUT2D eigenvalue weighted by Crippen LogP contribution is 2.30. The van der Waals surface area contributed by atoms with Gasteiger partial charge in [0.25, 0.3) is 0 Å². The molecule has 1 aromatic carbocycles. The third kappa shape index (κ3) is 5.88. The lowest BCUT2D eigenvalue weighted by Gasteiger charge is -2.11. The van der Waals surface area contributed by atoms with Crippen molar-refractivity contribution >= 4 is 39.3 Å². The molecule has 0 aromatic heterocycles. The maximum absolute atomic E-state index is 11.9. The molecule has 1 aromatic rings. The van der Waals surface area contributed by atoms with E-state index in [9.17, 15) is 13.2 Å². The van der Waals surface area contributed by atoms with Gasteiger partial charge in [0, 0.05) is 21.7 Å². The molecule has 0 aliphatic carbocycles. The van der Waals surface area contributed by atoms with Gasteiger partial charge in [-0.05, 0) is 30.0 Å². The monoisotopic (exact) mass is 348 g/mol. The van der Waals surface area contributed by atoms with Crippen LogP contribution in [0.5, 0.6) is 5.75 Å². The van der Waals surface area contributed by atoms with E-state index in [4.69, 9.17) is 16.3 Å². The van der Waals surface area contributed by atoms with Crippen molar-refractivity contribution in [1.29, 1.82) is 0 Å². The van der Waals surface area contributed by atoms with Gasteiger partial charge in [-0.3, -0.25) is 0 Å². The Labute approximate surface area is 115 Å². The molecule has 0 aliphatic heterocycles. The average molecular weight is 350 g/mol. The second-order valence-corrected chi connectivity index (χ2v) is 5.19. The van der Waals surface area contributed by atoms with Gasteiger partial charge in [-0.1, -0.05) is 27.5 Å². The number of ether oxygens (including phenoxy) is 1. The summed E-state index contributed by atoms with van der Waals surface area (Å²) in [4.78, 5) is 0. The Morgan fingerprint density at radius 1 is 1.35 bits per heavy atom. The number of hydrogen-bond donors (Lipinski definition) is 0. The van der Waals surface area contributed by atoms with Crippen molar-refractivity contribution < 1.29 is 17.9 Å². The summed E-state index contributed by atoms with van der Waals surface area (Å²) in [6.45, 7) is 0.00576. The topological polar surface area (TPSA) is 9.23 Å². The Morgan fingerprint density at radius 2 is 2.06 bits per heavy atom. The minimum atomic E-state index is -4.21. The molecular weight excluding hydrogens is 341 g/mol. The summed E-state index contributed by atoms with van der Waals surface area (Å²) < 4.78 is 40.9. The van der Waals surface area contributed by atoms with Crippen molar-refractivity contribution in [2.24, 2.45) is 0 Å². The molecule has 0 N–H and O–H groups in total. The van der Waals surface area contributed by atoms with Crippen LogP contribution >= 0.6 is 39.3 Å². The van der Waals surface area contributed by atoms with Gasteiger partial charge in [-0.25, -0.2) is 0 Å². The highest BCUT2D eigenvalue weighted by molar-refractivity contribution is 9.08. The lowest BCUT2D eigenvalue weighted by molar-refractivity contribution is -0.0329. The smallest absolute Gasteiger partial charge is 0.441 e. The normalized spacial score (nSPS) is 11.6. The van der Waals surface area contributed by atoms with Crippen molar-refractivity contribution in [2.75, 3.05) is 12.4 Å². The summed E-state index contributed by atoms with van der Waals surface area (Å²) in [5.74, 6) is 0.419. The van der Waals surface area contributed by atoms with Gasteiger partial charge in [0.15, 0.2) is 0 Å². The van der Waals surface area contributed by atoms with Gasteiger partial charge in [0.05, 0.1) is 6.61 Å². The van der Waals surface area contributed by atoms with Gasteiger partial charge in [-0.15, -0.1) is 0 Å². The predicted octanol–water partition coefficient (Wildman–Crippen LogP) is 4.87. The molecule has 0 bridgehead atoms. The van der Waals surface area contributed by atoms with Crippen LogP contribution in [0.2, 0.25) is 5.02 Å². The van der Waals surface area contributed by atoms with Crippen LogP contribution in [0.3, 0.4) is 0 Å². The molecule has 1 rings (SSSR count). The Kier molecular flexibility index (Phi) is 5.95. The molecule has 0 saturated carbocycles. The van der Waals surface area contributed by atoms with E-state index in [0.29, 0.717) is 16.1 Å². The standard InChI is InChI=1S/C10H9BrClF3OS/c11-6-7-5-8(12)1-2-9(7)16-3-4-17-10(13,14)15/h1-2,5H,3-4,6H2. The zero-order valence-corrected chi connectivity index (χ0v) is 11.7. The molecule has 17 heavy (non-hydrogen) atoms. The predicted molar refractivity (Wildman–Crippen MR) is 68.1 cm³/mol. The van der Waals surface area contributed by atoms with E-state index >= 15 is 0 Å². The molecule has 7 heteroatoms. The first-order valence-electron chi connectivity index (χ1n) is 4.60. The van der Waals surface area contributed by atoms with E-state index in [1.165, 1.54) is 0 Å². The highest BCUT2D eigenvalue weighted by Gasteiger charge is 2.27. The molecule has 0 saturated heterocycles. The Hall–Kier alpha value is -0.0700. The first kappa shape index (κ1) is 15.0. The van der Waals surface area contributed by atoms with E-state index in [1.54, 1.807) is 18.2 Å². The zero-order chi connectivity index (χ0) is 12.9. The molecule has 0 atom stereocenters. The summed E-state index contributed by atoms with van der Waals surface area (Å²) in [5, 5.41) is 1.10. The summed E-state index contributed by atoms with van der Waals surface area (Å²) in [5.41, 5.74) is -3.39. The van der Waals surface area contributed by atoms with Crippen LogP contribution in [0.25, 0.3) is 0 Å². The fourth-order valence-electron chi connectivity index (χ4n) is 1.10. The molecule has 0 heterocycles. The molecule has 0 aliphatic rings. The minimum Gasteiger partial charge on any atom is -0.492 e. The quantitative estimate of drug-likeness (QED) is 0.554. The SMILES string of the molecule is FC(F)(F)SCCOc1ccc(Cl)cc1CBr. The molecular formula is C10H9BrClF3OS. The van der Waals surface area contributed by atoms with Crippen LogP contribution < -0.4 is 4.74 Å². The van der Waals surface area contributed by atoms with Crippen LogP contribution in [0.1, 0.15) is 5.56 Å². The third-order valence-corrected chi connectivity index (χ3v) is 3.31. The Morgan fingerprint density at radius 3 is 2.65 bits per heavy atom. The molecule has 0 radical (unpaired) electrons. The van der Waals surface area contributed by atoms with Crippen LogP contribution in [-0.4, -0.2) is 17.9 Å². The molecule has 1 nitrogen and oxygen atoms in total. The van der Waals surface area contributed by atoms with Crippen LogP contribution in [-0.2, 0) is 5.33 Å². The van der Waals surface area contributed by atoms with Crippen LogP contribution in [0, 0.1) is 0 Å².